The number of amides is 1. The average Bonchev–Trinajstić information content (AvgIpc) is 3.39. The van der Waals surface area contributed by atoms with Gasteiger partial charge in [0.2, 0.25) is 5.91 Å². The lowest BCUT2D eigenvalue weighted by Gasteiger charge is -2.22. The number of aliphatic hydroxyl groups excluding tert-OH is 2. The molecule has 0 rings (SSSR count). The van der Waals surface area contributed by atoms with Crippen LogP contribution in [-0.4, -0.2) is 47.4 Å². The molecule has 0 aromatic rings. The lowest BCUT2D eigenvalue weighted by atomic mass is 10.0. The van der Waals surface area contributed by atoms with Gasteiger partial charge in [-0.3, -0.25) is 9.59 Å². The van der Waals surface area contributed by atoms with Crippen molar-refractivity contribution in [2.24, 2.45) is 0 Å². The molecule has 0 spiro atoms. The van der Waals surface area contributed by atoms with E-state index in [2.05, 4.69) is 31.3 Å². The summed E-state index contributed by atoms with van der Waals surface area (Å²) in [6, 6.07) is -0.545. The Morgan fingerprint density at radius 3 is 0.973 bits per heavy atom. The van der Waals surface area contributed by atoms with Crippen molar-refractivity contribution in [3.63, 3.8) is 0 Å². The molecule has 0 radical (unpaired) electrons. The number of carbonyl (C=O) groups is 2. The highest BCUT2D eigenvalue weighted by Crippen LogP contribution is 2.19. The van der Waals surface area contributed by atoms with Crippen molar-refractivity contribution in [2.45, 2.75) is 392 Å². The van der Waals surface area contributed by atoms with Crippen LogP contribution in [0.25, 0.3) is 0 Å². The molecular formula is C67H131NO5. The minimum atomic E-state index is -0.667. The van der Waals surface area contributed by atoms with E-state index >= 15 is 0 Å². The fourth-order valence-electron chi connectivity index (χ4n) is 10.7. The second-order valence-corrected chi connectivity index (χ2v) is 23.2. The van der Waals surface area contributed by atoms with Crippen molar-refractivity contribution >= 4 is 11.9 Å². The Kier molecular flexibility index (Phi) is 61.9. The normalized spacial score (nSPS) is 12.5. The van der Waals surface area contributed by atoms with Crippen LogP contribution in [0.15, 0.2) is 12.2 Å². The number of allylic oxidation sites excluding steroid dienone is 2. The van der Waals surface area contributed by atoms with E-state index < -0.39 is 12.1 Å². The third kappa shape index (κ3) is 59.7. The molecule has 0 fully saturated rings. The number of carbonyl (C=O) groups excluding carboxylic acids is 2. The van der Waals surface area contributed by atoms with Crippen LogP contribution < -0.4 is 5.32 Å². The number of rotatable bonds is 63. The van der Waals surface area contributed by atoms with Crippen molar-refractivity contribution in [1.82, 2.24) is 5.32 Å². The van der Waals surface area contributed by atoms with Crippen LogP contribution in [0.2, 0.25) is 0 Å². The summed E-state index contributed by atoms with van der Waals surface area (Å²) in [6.07, 6.45) is 76.7. The van der Waals surface area contributed by atoms with E-state index in [0.29, 0.717) is 25.9 Å². The average molecular weight is 1030 g/mol. The van der Waals surface area contributed by atoms with Gasteiger partial charge in [0, 0.05) is 12.8 Å². The topological polar surface area (TPSA) is 95.9 Å². The molecule has 0 aliphatic rings. The summed E-state index contributed by atoms with van der Waals surface area (Å²) in [7, 11) is 0. The highest BCUT2D eigenvalue weighted by atomic mass is 16.5. The van der Waals surface area contributed by atoms with E-state index in [1.165, 1.54) is 308 Å². The molecule has 6 heteroatoms. The SMILES string of the molecule is CCCCCCCCCCCCCCCCCCCC(=O)OCCCCCCCCCCCCCC/C=C\CCCCCCCCCC(=O)NC(CO)C(O)CCCCCCCCCCCCCCCCCC. The minimum absolute atomic E-state index is 0.0164. The van der Waals surface area contributed by atoms with Gasteiger partial charge in [0.05, 0.1) is 25.4 Å². The number of hydrogen-bond donors (Lipinski definition) is 3. The first-order chi connectivity index (χ1) is 36.0. The molecule has 1 amide bonds. The molecule has 0 heterocycles. The van der Waals surface area contributed by atoms with Gasteiger partial charge in [-0.2, -0.15) is 0 Å². The van der Waals surface area contributed by atoms with Gasteiger partial charge in [-0.05, 0) is 51.4 Å². The molecule has 0 saturated heterocycles. The predicted molar refractivity (Wildman–Crippen MR) is 320 cm³/mol. The summed E-state index contributed by atoms with van der Waals surface area (Å²) in [5.41, 5.74) is 0. The smallest absolute Gasteiger partial charge is 0.305 e. The van der Waals surface area contributed by atoms with Crippen LogP contribution in [0.4, 0.5) is 0 Å². The van der Waals surface area contributed by atoms with Gasteiger partial charge in [0.25, 0.3) is 0 Å². The number of aliphatic hydroxyl groups is 2. The standard InChI is InChI=1S/C67H131NO5/c1-3-5-7-9-11-13-15-17-19-28-33-37-41-45-49-53-57-61-67(72)73-62-58-54-50-46-42-38-34-30-27-25-23-21-22-24-26-29-32-36-40-44-48-52-56-60-66(71)68-64(63-69)65(70)59-55-51-47-43-39-35-31-20-18-16-14-12-10-8-6-4-2/h24,26,64-65,69-70H,3-23,25,27-63H2,1-2H3,(H,68,71)/b26-24-. The summed E-state index contributed by atoms with van der Waals surface area (Å²) >= 11 is 0. The maximum Gasteiger partial charge on any atom is 0.305 e. The van der Waals surface area contributed by atoms with Gasteiger partial charge < -0.3 is 20.3 Å². The fourth-order valence-corrected chi connectivity index (χ4v) is 10.7. The largest absolute Gasteiger partial charge is 0.466 e. The highest BCUT2D eigenvalue weighted by Gasteiger charge is 2.20. The Morgan fingerprint density at radius 1 is 0.370 bits per heavy atom. The Morgan fingerprint density at radius 2 is 0.644 bits per heavy atom. The zero-order valence-corrected chi connectivity index (χ0v) is 49.6. The lowest BCUT2D eigenvalue weighted by Crippen LogP contribution is -2.45. The molecule has 73 heavy (non-hydrogen) atoms. The first kappa shape index (κ1) is 71.6. The zero-order chi connectivity index (χ0) is 52.9. The van der Waals surface area contributed by atoms with E-state index in [4.69, 9.17) is 4.74 Å². The number of unbranched alkanes of at least 4 members (excludes halogenated alkanes) is 50. The fraction of sp³-hybridized carbons (Fsp3) is 0.940. The molecule has 0 saturated carbocycles. The van der Waals surface area contributed by atoms with Gasteiger partial charge >= 0.3 is 5.97 Å². The van der Waals surface area contributed by atoms with Crippen molar-refractivity contribution in [1.29, 1.82) is 0 Å². The Bertz CT molecular complexity index is 1100. The number of esters is 1. The molecule has 0 aromatic carbocycles. The third-order valence-corrected chi connectivity index (χ3v) is 15.8. The molecule has 3 N–H and O–H groups in total. The first-order valence-corrected chi connectivity index (χ1v) is 33.4. The van der Waals surface area contributed by atoms with E-state index in [-0.39, 0.29) is 18.5 Å². The van der Waals surface area contributed by atoms with Crippen LogP contribution >= 0.6 is 0 Å². The maximum absolute atomic E-state index is 12.5. The molecule has 0 aromatic heterocycles. The maximum atomic E-state index is 12.5. The van der Waals surface area contributed by atoms with E-state index in [1.54, 1.807) is 0 Å². The predicted octanol–water partition coefficient (Wildman–Crippen LogP) is 21.2. The van der Waals surface area contributed by atoms with Gasteiger partial charge in [-0.15, -0.1) is 0 Å². The van der Waals surface area contributed by atoms with Crippen LogP contribution in [0.3, 0.4) is 0 Å². The Balaban J connectivity index is 3.38. The Hall–Kier alpha value is -1.40. The second kappa shape index (κ2) is 63.1. The number of ether oxygens (including phenoxy) is 1. The van der Waals surface area contributed by atoms with Gasteiger partial charge in [0.15, 0.2) is 0 Å². The van der Waals surface area contributed by atoms with Crippen LogP contribution in [-0.2, 0) is 14.3 Å². The zero-order valence-electron chi connectivity index (χ0n) is 49.6. The van der Waals surface area contributed by atoms with Crippen molar-refractivity contribution in [2.75, 3.05) is 13.2 Å². The molecular weight excluding hydrogens is 899 g/mol. The Labute approximate surface area is 457 Å². The lowest BCUT2D eigenvalue weighted by molar-refractivity contribution is -0.143. The number of hydrogen-bond acceptors (Lipinski definition) is 5. The van der Waals surface area contributed by atoms with Gasteiger partial charge in [-0.25, -0.2) is 0 Å². The first-order valence-electron chi connectivity index (χ1n) is 33.4. The molecule has 2 atom stereocenters. The van der Waals surface area contributed by atoms with Crippen LogP contribution in [0.1, 0.15) is 380 Å². The van der Waals surface area contributed by atoms with Crippen LogP contribution in [0, 0.1) is 0 Å². The summed E-state index contributed by atoms with van der Waals surface area (Å²) in [6.45, 7) is 4.99. The van der Waals surface area contributed by atoms with E-state index in [9.17, 15) is 19.8 Å². The molecule has 2 unspecified atom stereocenters. The third-order valence-electron chi connectivity index (χ3n) is 15.8. The monoisotopic (exact) mass is 1030 g/mol. The van der Waals surface area contributed by atoms with Crippen molar-refractivity contribution < 1.29 is 24.5 Å². The van der Waals surface area contributed by atoms with Crippen molar-refractivity contribution in [3.05, 3.63) is 12.2 Å². The molecule has 0 bridgehead atoms. The summed E-state index contributed by atoms with van der Waals surface area (Å²) in [5, 5.41) is 23.3. The minimum Gasteiger partial charge on any atom is -0.466 e. The summed E-state index contributed by atoms with van der Waals surface area (Å²) < 4.78 is 5.50. The highest BCUT2D eigenvalue weighted by molar-refractivity contribution is 5.76. The van der Waals surface area contributed by atoms with Gasteiger partial charge in [0.1, 0.15) is 0 Å². The molecule has 434 valence electrons. The second-order valence-electron chi connectivity index (χ2n) is 23.2. The van der Waals surface area contributed by atoms with Crippen molar-refractivity contribution in [3.8, 4) is 0 Å². The molecule has 0 aliphatic heterocycles. The van der Waals surface area contributed by atoms with Gasteiger partial charge in [-0.1, -0.05) is 328 Å². The van der Waals surface area contributed by atoms with E-state index in [0.717, 1.165) is 38.5 Å². The summed E-state index contributed by atoms with van der Waals surface area (Å²) in [4.78, 5) is 24.6. The quantitative estimate of drug-likeness (QED) is 0.0320. The van der Waals surface area contributed by atoms with Crippen LogP contribution in [0.5, 0.6) is 0 Å². The number of nitrogens with one attached hydrogen (secondary N) is 1. The summed E-state index contributed by atoms with van der Waals surface area (Å²) in [5.74, 6) is -0.0217. The molecule has 0 aliphatic carbocycles. The molecule has 6 nitrogen and oxygen atoms in total. The van der Waals surface area contributed by atoms with E-state index in [1.807, 2.05) is 0 Å².